The van der Waals surface area contributed by atoms with Crippen LogP contribution in [0.25, 0.3) is 0 Å². The number of carbonyl (C=O) groups excluding carboxylic acids is 2. The first-order valence-electron chi connectivity index (χ1n) is 9.23. The summed E-state index contributed by atoms with van der Waals surface area (Å²) < 4.78 is 37.0. The number of nitrogens with zero attached hydrogens (tertiary/aromatic N) is 2. The van der Waals surface area contributed by atoms with E-state index in [0.29, 0.717) is 12.8 Å². The van der Waals surface area contributed by atoms with Gasteiger partial charge in [-0.2, -0.15) is 9.52 Å². The van der Waals surface area contributed by atoms with Gasteiger partial charge in [-0.15, -0.1) is 0 Å². The van der Waals surface area contributed by atoms with Gasteiger partial charge in [-0.1, -0.05) is 13.8 Å². The van der Waals surface area contributed by atoms with Gasteiger partial charge < -0.3 is 9.47 Å². The van der Waals surface area contributed by atoms with E-state index in [1.807, 2.05) is 0 Å². The summed E-state index contributed by atoms with van der Waals surface area (Å²) in [6.45, 7) is 10.5. The highest BCUT2D eigenvalue weighted by Gasteiger charge is 2.39. The maximum Gasteiger partial charge on any atom is 0.409 e. The van der Waals surface area contributed by atoms with E-state index in [-0.39, 0.29) is 25.2 Å². The Balaban J connectivity index is 3.19. The first kappa shape index (κ1) is 23.2. The summed E-state index contributed by atoms with van der Waals surface area (Å²) in [5.74, 6) is -0.655. The van der Waals surface area contributed by atoms with E-state index in [0.717, 1.165) is 4.41 Å². The lowest BCUT2D eigenvalue weighted by molar-refractivity contribution is -0.135. The van der Waals surface area contributed by atoms with Gasteiger partial charge in [0, 0.05) is 6.42 Å². The van der Waals surface area contributed by atoms with Crippen LogP contribution in [-0.2, 0) is 24.3 Å². The lowest BCUT2D eigenvalue weighted by Crippen LogP contribution is -2.54. The minimum absolute atomic E-state index is 0.0219. The smallest absolute Gasteiger partial charge is 0.409 e. The summed E-state index contributed by atoms with van der Waals surface area (Å²) in [7, 11) is -3.88. The number of esters is 1. The fourth-order valence-electron chi connectivity index (χ4n) is 2.65. The molecule has 0 unspecified atom stereocenters. The summed E-state index contributed by atoms with van der Waals surface area (Å²) in [5.41, 5.74) is -0.703. The molecule has 0 aromatic heterocycles. The molecule has 156 valence electrons. The third kappa shape index (κ3) is 6.37. The molecule has 9 nitrogen and oxygen atoms in total. The number of sulfonamides is 1. The zero-order valence-corrected chi connectivity index (χ0v) is 17.8. The van der Waals surface area contributed by atoms with Crippen molar-refractivity contribution in [3.05, 3.63) is 0 Å². The molecule has 0 spiro atoms. The standard InChI is InChI=1S/C17H31N3O6S/c1-7-12(8-2)27(23,24)20-14(18-16(22)26-17(4,5)6)11-10-13(19-20)15(21)25-9-3/h12,14H,7-11H2,1-6H3,(H,18,22)/t14-/m0/s1. The van der Waals surface area contributed by atoms with Gasteiger partial charge in [0.1, 0.15) is 17.5 Å². The molecule has 1 atom stereocenters. The van der Waals surface area contributed by atoms with E-state index < -0.39 is 39.1 Å². The number of carbonyl (C=O) groups is 2. The first-order valence-corrected chi connectivity index (χ1v) is 10.7. The van der Waals surface area contributed by atoms with E-state index in [1.54, 1.807) is 41.5 Å². The van der Waals surface area contributed by atoms with Crippen molar-refractivity contribution in [3.63, 3.8) is 0 Å². The van der Waals surface area contributed by atoms with Gasteiger partial charge in [-0.05, 0) is 47.0 Å². The Hall–Kier alpha value is -1.84. The summed E-state index contributed by atoms with van der Waals surface area (Å²) in [5, 5.41) is 5.91. The lowest BCUT2D eigenvalue weighted by Gasteiger charge is -2.35. The van der Waals surface area contributed by atoms with Crippen LogP contribution in [0.15, 0.2) is 5.10 Å². The van der Waals surface area contributed by atoms with E-state index in [2.05, 4.69) is 10.4 Å². The van der Waals surface area contributed by atoms with Gasteiger partial charge in [-0.25, -0.2) is 18.0 Å². The van der Waals surface area contributed by atoms with Crippen LogP contribution in [0, 0.1) is 0 Å². The summed E-state index contributed by atoms with van der Waals surface area (Å²) in [6, 6.07) is 0. The molecule has 0 radical (unpaired) electrons. The number of ether oxygens (including phenoxy) is 2. The van der Waals surface area contributed by atoms with Crippen LogP contribution in [0.5, 0.6) is 0 Å². The number of hydrogen-bond donors (Lipinski definition) is 1. The number of amides is 1. The van der Waals surface area contributed by atoms with Gasteiger partial charge in [-0.3, -0.25) is 5.32 Å². The van der Waals surface area contributed by atoms with Gasteiger partial charge in [0.2, 0.25) is 0 Å². The summed E-state index contributed by atoms with van der Waals surface area (Å²) in [6.07, 6.45) is -0.516. The Morgan fingerprint density at radius 2 is 1.85 bits per heavy atom. The monoisotopic (exact) mass is 405 g/mol. The molecule has 27 heavy (non-hydrogen) atoms. The number of hydrazone groups is 1. The van der Waals surface area contributed by atoms with Gasteiger partial charge in [0.15, 0.2) is 0 Å². The largest absolute Gasteiger partial charge is 0.461 e. The summed E-state index contributed by atoms with van der Waals surface area (Å²) in [4.78, 5) is 24.1. The van der Waals surface area contributed by atoms with E-state index in [9.17, 15) is 18.0 Å². The van der Waals surface area contributed by atoms with Crippen LogP contribution >= 0.6 is 0 Å². The molecule has 1 amide bonds. The Morgan fingerprint density at radius 1 is 1.26 bits per heavy atom. The Labute approximate surface area is 161 Å². The molecule has 1 aliphatic heterocycles. The molecule has 0 saturated heterocycles. The van der Waals surface area contributed by atoms with Crippen LogP contribution in [0.4, 0.5) is 4.79 Å². The van der Waals surface area contributed by atoms with Crippen molar-refractivity contribution in [1.82, 2.24) is 9.73 Å². The van der Waals surface area contributed by atoms with Gasteiger partial charge in [0.25, 0.3) is 10.0 Å². The average Bonchev–Trinajstić information content (AvgIpc) is 2.54. The number of rotatable bonds is 7. The number of nitrogens with one attached hydrogen (secondary N) is 1. The van der Waals surface area contributed by atoms with Crippen molar-refractivity contribution in [2.45, 2.75) is 84.2 Å². The van der Waals surface area contributed by atoms with E-state index >= 15 is 0 Å². The van der Waals surface area contributed by atoms with Crippen LogP contribution < -0.4 is 5.32 Å². The highest BCUT2D eigenvalue weighted by Crippen LogP contribution is 2.24. The molecule has 1 rings (SSSR count). The second kappa shape index (κ2) is 9.38. The Bertz CT molecular complexity index is 665. The van der Waals surface area contributed by atoms with Crippen molar-refractivity contribution < 1.29 is 27.5 Å². The van der Waals surface area contributed by atoms with Crippen molar-refractivity contribution in [2.75, 3.05) is 6.61 Å². The molecular formula is C17H31N3O6S. The number of hydrogen-bond acceptors (Lipinski definition) is 7. The Kier molecular flexibility index (Phi) is 8.06. The molecule has 0 aromatic carbocycles. The number of alkyl carbamates (subject to hydrolysis) is 1. The minimum atomic E-state index is -3.88. The molecule has 1 N–H and O–H groups in total. The molecule has 0 saturated carbocycles. The van der Waals surface area contributed by atoms with Crippen molar-refractivity contribution in [2.24, 2.45) is 5.10 Å². The molecule has 1 heterocycles. The highest BCUT2D eigenvalue weighted by atomic mass is 32.2. The van der Waals surface area contributed by atoms with Crippen molar-refractivity contribution >= 4 is 27.8 Å². The van der Waals surface area contributed by atoms with Gasteiger partial charge in [0.05, 0.1) is 11.9 Å². The molecule has 10 heteroatoms. The molecule has 0 aliphatic carbocycles. The van der Waals surface area contributed by atoms with Gasteiger partial charge >= 0.3 is 12.1 Å². The quantitative estimate of drug-likeness (QED) is 0.650. The Morgan fingerprint density at radius 3 is 2.33 bits per heavy atom. The fraction of sp³-hybridized carbons (Fsp3) is 0.824. The van der Waals surface area contributed by atoms with E-state index in [1.165, 1.54) is 0 Å². The van der Waals surface area contributed by atoms with Crippen LogP contribution in [0.1, 0.15) is 67.2 Å². The lowest BCUT2D eigenvalue weighted by atomic mass is 10.1. The maximum absolute atomic E-state index is 13.0. The molecule has 0 aromatic rings. The molecule has 1 aliphatic rings. The SMILES string of the molecule is CCOC(=O)C1=NN(S(=O)(=O)C(CC)CC)[C@H](NC(=O)OC(C)(C)C)CC1. The first-order chi connectivity index (χ1) is 12.5. The van der Waals surface area contributed by atoms with Crippen molar-refractivity contribution in [1.29, 1.82) is 0 Å². The molecule has 0 fully saturated rings. The maximum atomic E-state index is 13.0. The third-order valence-electron chi connectivity index (χ3n) is 3.93. The molecular weight excluding hydrogens is 374 g/mol. The second-order valence-electron chi connectivity index (χ2n) is 7.22. The zero-order chi connectivity index (χ0) is 20.8. The topological polar surface area (TPSA) is 114 Å². The highest BCUT2D eigenvalue weighted by molar-refractivity contribution is 7.89. The predicted octanol–water partition coefficient (Wildman–Crippen LogP) is 2.37. The zero-order valence-electron chi connectivity index (χ0n) is 16.9. The van der Waals surface area contributed by atoms with Crippen LogP contribution in [0.3, 0.4) is 0 Å². The van der Waals surface area contributed by atoms with Crippen molar-refractivity contribution in [3.8, 4) is 0 Å². The predicted molar refractivity (Wildman–Crippen MR) is 102 cm³/mol. The second-order valence-corrected chi connectivity index (χ2v) is 9.29. The van der Waals surface area contributed by atoms with Crippen LogP contribution in [-0.4, -0.2) is 54.2 Å². The minimum Gasteiger partial charge on any atom is -0.461 e. The fourth-order valence-corrected chi connectivity index (χ4v) is 4.52. The third-order valence-corrected chi connectivity index (χ3v) is 6.29. The van der Waals surface area contributed by atoms with Crippen LogP contribution in [0.2, 0.25) is 0 Å². The average molecular weight is 406 g/mol. The normalized spacial score (nSPS) is 18.1. The summed E-state index contributed by atoms with van der Waals surface area (Å²) >= 11 is 0. The molecule has 0 bridgehead atoms. The van der Waals surface area contributed by atoms with E-state index in [4.69, 9.17) is 9.47 Å².